The monoisotopic (exact) mass is 254 g/mol. The summed E-state index contributed by atoms with van der Waals surface area (Å²) in [6.07, 6.45) is 1.59. The molecule has 0 rings (SSSR count). The first-order valence-corrected chi connectivity index (χ1v) is 7.01. The number of methoxy groups -OCH3 is 1. The van der Waals surface area contributed by atoms with Gasteiger partial charge in [-0.15, -0.1) is 0 Å². The summed E-state index contributed by atoms with van der Waals surface area (Å²) in [7, 11) is -1.55. The molecular formula is C9H22N2O4S. The molecule has 0 aromatic carbocycles. The van der Waals surface area contributed by atoms with E-state index >= 15 is 0 Å². The molecular weight excluding hydrogens is 232 g/mol. The summed E-state index contributed by atoms with van der Waals surface area (Å²) >= 11 is 0. The van der Waals surface area contributed by atoms with Gasteiger partial charge in [0.05, 0.1) is 19.0 Å². The number of hydrogen-bond donors (Lipinski definition) is 2. The maximum Gasteiger partial charge on any atom is 0.212 e. The van der Waals surface area contributed by atoms with Crippen LogP contribution in [0.1, 0.15) is 12.8 Å². The highest BCUT2D eigenvalue weighted by Crippen LogP contribution is 1.91. The molecule has 0 saturated heterocycles. The Morgan fingerprint density at radius 1 is 1.19 bits per heavy atom. The Labute approximate surface area is 97.5 Å². The summed E-state index contributed by atoms with van der Waals surface area (Å²) in [5.74, 6) is -0.0165. The van der Waals surface area contributed by atoms with Gasteiger partial charge in [0.2, 0.25) is 10.0 Å². The summed E-state index contributed by atoms with van der Waals surface area (Å²) in [4.78, 5) is 0. The fourth-order valence-corrected chi connectivity index (χ4v) is 1.94. The molecule has 0 amide bonds. The van der Waals surface area contributed by atoms with Gasteiger partial charge >= 0.3 is 0 Å². The SMILES string of the molecule is COCCOCCCCNS(=O)(=O)CCN. The molecule has 16 heavy (non-hydrogen) atoms. The van der Waals surface area contributed by atoms with Gasteiger partial charge in [-0.3, -0.25) is 0 Å². The van der Waals surface area contributed by atoms with E-state index in [2.05, 4.69) is 4.72 Å². The Bertz CT molecular complexity index is 244. The minimum Gasteiger partial charge on any atom is -0.382 e. The van der Waals surface area contributed by atoms with Gasteiger partial charge < -0.3 is 15.2 Å². The highest BCUT2D eigenvalue weighted by atomic mass is 32.2. The molecule has 0 heterocycles. The number of ether oxygens (including phenoxy) is 2. The first kappa shape index (κ1) is 15.8. The lowest BCUT2D eigenvalue weighted by Crippen LogP contribution is -2.30. The van der Waals surface area contributed by atoms with Crippen molar-refractivity contribution < 1.29 is 17.9 Å². The zero-order valence-electron chi connectivity index (χ0n) is 9.78. The van der Waals surface area contributed by atoms with Crippen LogP contribution < -0.4 is 10.5 Å². The van der Waals surface area contributed by atoms with Crippen molar-refractivity contribution in [2.24, 2.45) is 5.73 Å². The molecule has 0 aliphatic carbocycles. The van der Waals surface area contributed by atoms with Crippen molar-refractivity contribution >= 4 is 10.0 Å². The van der Waals surface area contributed by atoms with Crippen LogP contribution in [0.4, 0.5) is 0 Å². The van der Waals surface area contributed by atoms with Gasteiger partial charge in [-0.1, -0.05) is 0 Å². The Morgan fingerprint density at radius 2 is 1.94 bits per heavy atom. The largest absolute Gasteiger partial charge is 0.382 e. The molecule has 0 spiro atoms. The van der Waals surface area contributed by atoms with Crippen LogP contribution >= 0.6 is 0 Å². The van der Waals surface area contributed by atoms with E-state index in [1.54, 1.807) is 7.11 Å². The average Bonchev–Trinajstić information content (AvgIpc) is 2.22. The van der Waals surface area contributed by atoms with E-state index in [0.29, 0.717) is 26.4 Å². The lowest BCUT2D eigenvalue weighted by atomic mass is 10.3. The third-order valence-electron chi connectivity index (χ3n) is 1.86. The maximum atomic E-state index is 11.2. The molecule has 0 saturated carbocycles. The molecule has 6 nitrogen and oxygen atoms in total. The van der Waals surface area contributed by atoms with Crippen LogP contribution in [0.15, 0.2) is 0 Å². The van der Waals surface area contributed by atoms with Crippen molar-refractivity contribution in [2.75, 3.05) is 45.8 Å². The highest BCUT2D eigenvalue weighted by molar-refractivity contribution is 7.89. The number of hydrogen-bond acceptors (Lipinski definition) is 5. The van der Waals surface area contributed by atoms with Gasteiger partial charge in [-0.25, -0.2) is 13.1 Å². The van der Waals surface area contributed by atoms with Gasteiger partial charge in [-0.2, -0.15) is 0 Å². The van der Waals surface area contributed by atoms with Gasteiger partial charge in [0.1, 0.15) is 0 Å². The van der Waals surface area contributed by atoms with E-state index in [0.717, 1.165) is 12.8 Å². The Morgan fingerprint density at radius 3 is 2.56 bits per heavy atom. The quantitative estimate of drug-likeness (QED) is 0.476. The van der Waals surface area contributed by atoms with Crippen molar-refractivity contribution in [1.29, 1.82) is 0 Å². The second-order valence-corrected chi connectivity index (χ2v) is 5.24. The van der Waals surface area contributed by atoms with Crippen LogP contribution in [0.25, 0.3) is 0 Å². The van der Waals surface area contributed by atoms with E-state index in [4.69, 9.17) is 15.2 Å². The summed E-state index contributed by atoms with van der Waals surface area (Å²) in [6.45, 7) is 2.38. The second kappa shape index (κ2) is 9.98. The minimum atomic E-state index is -3.17. The van der Waals surface area contributed by atoms with Crippen LogP contribution in [-0.4, -0.2) is 54.2 Å². The third kappa shape index (κ3) is 10.3. The molecule has 0 aromatic heterocycles. The predicted molar refractivity (Wildman–Crippen MR) is 62.8 cm³/mol. The van der Waals surface area contributed by atoms with Gasteiger partial charge in [0.25, 0.3) is 0 Å². The first-order chi connectivity index (χ1) is 7.62. The number of unbranched alkanes of at least 4 members (excludes halogenated alkanes) is 1. The zero-order valence-corrected chi connectivity index (χ0v) is 10.6. The van der Waals surface area contributed by atoms with Gasteiger partial charge in [-0.05, 0) is 12.8 Å². The summed E-state index contributed by atoms with van der Waals surface area (Å²) in [5, 5.41) is 0. The number of rotatable bonds is 11. The standard InChI is InChI=1S/C9H22N2O4S/c1-14-7-8-15-6-3-2-5-11-16(12,13)9-4-10/h11H,2-10H2,1H3. The lowest BCUT2D eigenvalue weighted by Gasteiger charge is -2.05. The van der Waals surface area contributed by atoms with Crippen LogP contribution in [0, 0.1) is 0 Å². The first-order valence-electron chi connectivity index (χ1n) is 5.36. The molecule has 0 aliphatic heterocycles. The minimum absolute atomic E-state index is 0.0165. The maximum absolute atomic E-state index is 11.2. The normalized spacial score (nSPS) is 11.9. The van der Waals surface area contributed by atoms with Crippen molar-refractivity contribution in [1.82, 2.24) is 4.72 Å². The number of nitrogens with two attached hydrogens (primary N) is 1. The molecule has 0 radical (unpaired) electrons. The molecule has 0 unspecified atom stereocenters. The molecule has 0 fully saturated rings. The van der Waals surface area contributed by atoms with E-state index in [9.17, 15) is 8.42 Å². The van der Waals surface area contributed by atoms with Crippen LogP contribution in [0.2, 0.25) is 0 Å². The Hall–Kier alpha value is -0.210. The topological polar surface area (TPSA) is 90.6 Å². The summed E-state index contributed by atoms with van der Waals surface area (Å²) in [5.41, 5.74) is 5.16. The molecule has 7 heteroatoms. The average molecular weight is 254 g/mol. The highest BCUT2D eigenvalue weighted by Gasteiger charge is 2.06. The van der Waals surface area contributed by atoms with Crippen LogP contribution in [-0.2, 0) is 19.5 Å². The number of nitrogens with one attached hydrogen (secondary N) is 1. The number of sulfonamides is 1. The van der Waals surface area contributed by atoms with Crippen molar-refractivity contribution in [3.63, 3.8) is 0 Å². The molecule has 0 atom stereocenters. The van der Waals surface area contributed by atoms with Gasteiger partial charge in [0.15, 0.2) is 0 Å². The fourth-order valence-electron chi connectivity index (χ4n) is 1.03. The molecule has 3 N–H and O–H groups in total. The molecule has 0 aliphatic rings. The van der Waals surface area contributed by atoms with Crippen LogP contribution in [0.3, 0.4) is 0 Å². The van der Waals surface area contributed by atoms with E-state index in [1.807, 2.05) is 0 Å². The second-order valence-electron chi connectivity index (χ2n) is 3.31. The van der Waals surface area contributed by atoms with Crippen molar-refractivity contribution in [3.8, 4) is 0 Å². The molecule has 0 aromatic rings. The lowest BCUT2D eigenvalue weighted by molar-refractivity contribution is 0.0689. The van der Waals surface area contributed by atoms with Crippen molar-refractivity contribution in [3.05, 3.63) is 0 Å². The van der Waals surface area contributed by atoms with Crippen LogP contribution in [0.5, 0.6) is 0 Å². The van der Waals surface area contributed by atoms with Crippen molar-refractivity contribution in [2.45, 2.75) is 12.8 Å². The summed E-state index contributed by atoms with van der Waals surface area (Å²) in [6, 6.07) is 0. The molecule has 98 valence electrons. The Balaban J connectivity index is 3.27. The zero-order chi connectivity index (χ0) is 12.3. The fraction of sp³-hybridized carbons (Fsp3) is 1.00. The third-order valence-corrected chi connectivity index (χ3v) is 3.27. The smallest absolute Gasteiger partial charge is 0.212 e. The predicted octanol–water partition coefficient (Wildman–Crippen LogP) is -0.692. The van der Waals surface area contributed by atoms with E-state index in [1.165, 1.54) is 0 Å². The van der Waals surface area contributed by atoms with Gasteiger partial charge in [0, 0.05) is 26.8 Å². The summed E-state index contributed by atoms with van der Waals surface area (Å²) < 4.78 is 34.8. The Kier molecular flexibility index (Phi) is 9.85. The molecule has 0 bridgehead atoms. The van der Waals surface area contributed by atoms with E-state index in [-0.39, 0.29) is 12.3 Å². The van der Waals surface area contributed by atoms with E-state index < -0.39 is 10.0 Å².